The highest BCUT2D eigenvalue weighted by molar-refractivity contribution is 5.31. The molecule has 1 aromatic carbocycles. The molecule has 0 radical (unpaired) electrons. The molecule has 0 spiro atoms. The van der Waals surface area contributed by atoms with Gasteiger partial charge in [0.1, 0.15) is 0 Å². The molecule has 1 aromatic rings. The highest BCUT2D eigenvalue weighted by atomic mass is 19.2. The molecule has 0 atom stereocenters. The van der Waals surface area contributed by atoms with E-state index in [1.54, 1.807) is 12.1 Å². The molecule has 1 aliphatic carbocycles. The van der Waals surface area contributed by atoms with Gasteiger partial charge in [0, 0.05) is 0 Å². The molecule has 1 fully saturated rings. The molecule has 0 bridgehead atoms. The smallest absolute Gasteiger partial charge is 0.200 e. The van der Waals surface area contributed by atoms with Gasteiger partial charge in [-0.05, 0) is 49.1 Å². The zero-order valence-electron chi connectivity index (χ0n) is 18.8. The molecule has 0 aromatic heterocycles. The summed E-state index contributed by atoms with van der Waals surface area (Å²) < 4.78 is 34.5. The van der Waals surface area contributed by atoms with Crippen LogP contribution in [0.1, 0.15) is 109 Å². The van der Waals surface area contributed by atoms with E-state index in [9.17, 15) is 8.78 Å². The summed E-state index contributed by atoms with van der Waals surface area (Å²) in [5, 5.41) is 0. The number of halogens is 2. The first-order valence-corrected chi connectivity index (χ1v) is 12.2. The molecule has 166 valence electrons. The molecule has 0 unspecified atom stereocenters. The lowest BCUT2D eigenvalue weighted by molar-refractivity contribution is 0.172. The minimum absolute atomic E-state index is 0.0827. The van der Waals surface area contributed by atoms with Gasteiger partial charge in [-0.3, -0.25) is 0 Å². The highest BCUT2D eigenvalue weighted by Crippen LogP contribution is 2.33. The number of ether oxygens (including phenoxy) is 1. The molecule has 3 heteroatoms. The van der Waals surface area contributed by atoms with Crippen molar-refractivity contribution in [3.63, 3.8) is 0 Å². The number of unbranched alkanes of at least 4 members (excludes halogenated alkanes) is 7. The van der Waals surface area contributed by atoms with Gasteiger partial charge >= 0.3 is 0 Å². The van der Waals surface area contributed by atoms with Crippen LogP contribution in [0.3, 0.4) is 0 Å². The fourth-order valence-corrected chi connectivity index (χ4v) is 4.55. The lowest BCUT2D eigenvalue weighted by atomic mass is 9.80. The van der Waals surface area contributed by atoms with E-state index in [1.165, 1.54) is 64.2 Å². The minimum atomic E-state index is -0.804. The summed E-state index contributed by atoms with van der Waals surface area (Å²) in [4.78, 5) is 0. The van der Waals surface area contributed by atoms with Crippen LogP contribution >= 0.6 is 0 Å². The Balaban J connectivity index is 1.71. The van der Waals surface area contributed by atoms with Crippen molar-refractivity contribution in [2.24, 2.45) is 11.8 Å². The average Bonchev–Trinajstić information content (AvgIpc) is 2.74. The van der Waals surface area contributed by atoms with Gasteiger partial charge in [-0.15, -0.1) is 0 Å². The van der Waals surface area contributed by atoms with E-state index in [1.807, 2.05) is 0 Å². The number of hydrogen-bond donors (Lipinski definition) is 0. The Morgan fingerprint density at radius 3 is 2.10 bits per heavy atom. The normalized spacial score (nSPS) is 19.4. The van der Waals surface area contributed by atoms with E-state index in [2.05, 4.69) is 13.8 Å². The topological polar surface area (TPSA) is 9.23 Å². The SMILES string of the molecule is CCCCCCCCc1ccc(OCC2CCC(CCCCC)CC2)c(F)c1F. The molecule has 0 amide bonds. The van der Waals surface area contributed by atoms with Crippen LogP contribution in [-0.2, 0) is 6.42 Å². The molecule has 0 aliphatic heterocycles. The Kier molecular flexibility index (Phi) is 11.6. The van der Waals surface area contributed by atoms with Crippen LogP contribution in [0.2, 0.25) is 0 Å². The highest BCUT2D eigenvalue weighted by Gasteiger charge is 2.22. The second-order valence-electron chi connectivity index (χ2n) is 9.06. The maximum absolute atomic E-state index is 14.4. The quantitative estimate of drug-likeness (QED) is 0.280. The zero-order chi connectivity index (χ0) is 20.9. The Morgan fingerprint density at radius 1 is 0.759 bits per heavy atom. The zero-order valence-corrected chi connectivity index (χ0v) is 18.8. The number of hydrogen-bond acceptors (Lipinski definition) is 1. The lowest BCUT2D eigenvalue weighted by Gasteiger charge is -2.28. The number of aryl methyl sites for hydroxylation is 1. The van der Waals surface area contributed by atoms with Crippen molar-refractivity contribution in [1.82, 2.24) is 0 Å². The Morgan fingerprint density at radius 2 is 1.38 bits per heavy atom. The van der Waals surface area contributed by atoms with Gasteiger partial charge in [0.05, 0.1) is 6.61 Å². The second kappa shape index (κ2) is 14.0. The van der Waals surface area contributed by atoms with Crippen molar-refractivity contribution in [1.29, 1.82) is 0 Å². The van der Waals surface area contributed by atoms with Crippen molar-refractivity contribution >= 4 is 0 Å². The third-order valence-corrected chi connectivity index (χ3v) is 6.58. The summed E-state index contributed by atoms with van der Waals surface area (Å²) in [7, 11) is 0. The van der Waals surface area contributed by atoms with Gasteiger partial charge in [-0.2, -0.15) is 4.39 Å². The van der Waals surface area contributed by atoms with Crippen molar-refractivity contribution in [2.75, 3.05) is 6.61 Å². The first-order valence-electron chi connectivity index (χ1n) is 12.2. The summed E-state index contributed by atoms with van der Waals surface area (Å²) in [6, 6.07) is 3.34. The van der Waals surface area contributed by atoms with Gasteiger partial charge in [0.15, 0.2) is 11.6 Å². The molecule has 1 saturated carbocycles. The Labute approximate surface area is 177 Å². The van der Waals surface area contributed by atoms with Crippen molar-refractivity contribution in [2.45, 2.75) is 110 Å². The third kappa shape index (κ3) is 8.64. The fourth-order valence-electron chi connectivity index (χ4n) is 4.55. The number of rotatable bonds is 14. The van der Waals surface area contributed by atoms with Crippen LogP contribution in [0.4, 0.5) is 8.78 Å². The van der Waals surface area contributed by atoms with E-state index in [0.29, 0.717) is 24.5 Å². The monoisotopic (exact) mass is 408 g/mol. The van der Waals surface area contributed by atoms with Crippen LogP contribution in [0.15, 0.2) is 12.1 Å². The third-order valence-electron chi connectivity index (χ3n) is 6.58. The molecule has 1 nitrogen and oxygen atoms in total. The van der Waals surface area contributed by atoms with Crippen molar-refractivity contribution in [3.05, 3.63) is 29.3 Å². The summed E-state index contributed by atoms with van der Waals surface area (Å²) in [6.45, 7) is 4.95. The molecule has 29 heavy (non-hydrogen) atoms. The first-order chi connectivity index (χ1) is 14.2. The van der Waals surface area contributed by atoms with E-state index < -0.39 is 11.6 Å². The van der Waals surface area contributed by atoms with Crippen LogP contribution in [0.5, 0.6) is 5.75 Å². The Hall–Kier alpha value is -1.12. The maximum Gasteiger partial charge on any atom is 0.200 e. The van der Waals surface area contributed by atoms with Crippen molar-refractivity contribution in [3.8, 4) is 5.75 Å². The molecule has 0 heterocycles. The average molecular weight is 409 g/mol. The molecule has 0 N–H and O–H groups in total. The van der Waals surface area contributed by atoms with E-state index in [-0.39, 0.29) is 5.75 Å². The van der Waals surface area contributed by atoms with Crippen LogP contribution in [-0.4, -0.2) is 6.61 Å². The Bertz CT molecular complexity index is 564. The summed E-state index contributed by atoms with van der Waals surface area (Å²) >= 11 is 0. The van der Waals surface area contributed by atoms with Crippen LogP contribution in [0, 0.1) is 23.5 Å². The van der Waals surface area contributed by atoms with Crippen LogP contribution in [0.25, 0.3) is 0 Å². The molecule has 0 saturated heterocycles. The second-order valence-corrected chi connectivity index (χ2v) is 9.06. The molecule has 1 aliphatic rings. The molecular weight excluding hydrogens is 366 g/mol. The summed E-state index contributed by atoms with van der Waals surface area (Å²) in [6.07, 6.45) is 17.6. The van der Waals surface area contributed by atoms with E-state index in [0.717, 1.165) is 31.6 Å². The van der Waals surface area contributed by atoms with E-state index >= 15 is 0 Å². The van der Waals surface area contributed by atoms with Crippen LogP contribution < -0.4 is 4.74 Å². The van der Waals surface area contributed by atoms with Gasteiger partial charge < -0.3 is 4.74 Å². The van der Waals surface area contributed by atoms with Gasteiger partial charge in [-0.1, -0.05) is 90.5 Å². The van der Waals surface area contributed by atoms with Gasteiger partial charge in [-0.25, -0.2) is 4.39 Å². The first kappa shape index (κ1) is 24.2. The predicted molar refractivity (Wildman–Crippen MR) is 119 cm³/mol. The van der Waals surface area contributed by atoms with Gasteiger partial charge in [0.2, 0.25) is 5.82 Å². The predicted octanol–water partition coefficient (Wildman–Crippen LogP) is 8.63. The summed E-state index contributed by atoms with van der Waals surface area (Å²) in [5.41, 5.74) is 0.484. The largest absolute Gasteiger partial charge is 0.490 e. The molecule has 2 rings (SSSR count). The maximum atomic E-state index is 14.4. The molecular formula is C26H42F2O. The van der Waals surface area contributed by atoms with Crippen molar-refractivity contribution < 1.29 is 13.5 Å². The van der Waals surface area contributed by atoms with E-state index in [4.69, 9.17) is 4.74 Å². The minimum Gasteiger partial charge on any atom is -0.490 e. The number of benzene rings is 1. The van der Waals surface area contributed by atoms with Gasteiger partial charge in [0.25, 0.3) is 0 Å². The standard InChI is InChI=1S/C26H42F2O/c1-3-5-7-8-9-11-13-23-18-19-24(26(28)25(23)27)29-20-22-16-14-21(15-17-22)12-10-6-4-2/h18-19,21-22H,3-17,20H2,1-2H3. The lowest BCUT2D eigenvalue weighted by Crippen LogP contribution is -2.20. The fraction of sp³-hybridized carbons (Fsp3) is 0.769. The summed E-state index contributed by atoms with van der Waals surface area (Å²) in [5.74, 6) is -0.104.